The molecule has 1 aliphatic heterocycles. The maximum absolute atomic E-state index is 5.74. The average molecular weight is 291 g/mol. The summed E-state index contributed by atoms with van der Waals surface area (Å²) in [7, 11) is 0. The van der Waals surface area contributed by atoms with E-state index in [9.17, 15) is 0 Å². The van der Waals surface area contributed by atoms with Crippen LogP contribution in [0.4, 0.5) is 0 Å². The Morgan fingerprint density at radius 2 is 1.70 bits per heavy atom. The predicted octanol–water partition coefficient (Wildman–Crippen LogP) is 3.43. The Morgan fingerprint density at radius 1 is 1.00 bits per heavy atom. The second kappa shape index (κ2) is 7.07. The lowest BCUT2D eigenvalue weighted by atomic mass is 9.96. The van der Waals surface area contributed by atoms with Crippen molar-refractivity contribution in [3.8, 4) is 0 Å². The third-order valence-corrected chi connectivity index (χ3v) is 4.26. The minimum absolute atomic E-state index is 0. The van der Waals surface area contributed by atoms with Gasteiger partial charge in [0.2, 0.25) is 0 Å². The van der Waals surface area contributed by atoms with Gasteiger partial charge in [-0.15, -0.1) is 12.4 Å². The maximum atomic E-state index is 5.74. The summed E-state index contributed by atoms with van der Waals surface area (Å²) >= 11 is 0. The minimum atomic E-state index is 0. The topological polar surface area (TPSA) is 29.3 Å². The molecule has 2 nitrogen and oxygen atoms in total. The smallest absolute Gasteiger partial charge is 0.0233 e. The van der Waals surface area contributed by atoms with Crippen LogP contribution in [0.15, 0.2) is 42.5 Å². The molecular weight excluding hydrogens is 268 g/mol. The number of halogens is 1. The number of hydrogen-bond donors (Lipinski definition) is 1. The number of rotatable bonds is 3. The van der Waals surface area contributed by atoms with Crippen LogP contribution in [0.5, 0.6) is 0 Å². The molecule has 3 rings (SSSR count). The number of hydrogen-bond acceptors (Lipinski definition) is 2. The Morgan fingerprint density at radius 3 is 2.40 bits per heavy atom. The van der Waals surface area contributed by atoms with Crippen molar-refractivity contribution in [3.05, 3.63) is 48.0 Å². The van der Waals surface area contributed by atoms with Gasteiger partial charge in [0.05, 0.1) is 0 Å². The molecule has 2 aromatic carbocycles. The summed E-state index contributed by atoms with van der Waals surface area (Å²) in [6.45, 7) is 4.30. The zero-order valence-electron chi connectivity index (χ0n) is 11.8. The van der Waals surface area contributed by atoms with Gasteiger partial charge in [-0.1, -0.05) is 36.4 Å². The largest absolute Gasteiger partial charge is 0.330 e. The van der Waals surface area contributed by atoms with E-state index in [2.05, 4.69) is 47.4 Å². The van der Waals surface area contributed by atoms with E-state index in [-0.39, 0.29) is 12.4 Å². The molecule has 0 aliphatic carbocycles. The van der Waals surface area contributed by atoms with Crippen molar-refractivity contribution in [2.45, 2.75) is 19.4 Å². The van der Waals surface area contributed by atoms with Gasteiger partial charge in [0.1, 0.15) is 0 Å². The third-order valence-electron chi connectivity index (χ3n) is 4.26. The zero-order chi connectivity index (χ0) is 13.1. The molecule has 2 N–H and O–H groups in total. The molecule has 0 saturated carbocycles. The average Bonchev–Trinajstić information content (AvgIpc) is 2.48. The number of benzene rings is 2. The first-order chi connectivity index (χ1) is 9.35. The van der Waals surface area contributed by atoms with E-state index in [4.69, 9.17) is 5.73 Å². The summed E-state index contributed by atoms with van der Waals surface area (Å²) in [5, 5.41) is 2.67. The van der Waals surface area contributed by atoms with Crippen LogP contribution in [-0.4, -0.2) is 24.5 Å². The van der Waals surface area contributed by atoms with Crippen molar-refractivity contribution in [2.24, 2.45) is 11.7 Å². The fraction of sp³-hybridized carbons (Fsp3) is 0.412. The highest BCUT2D eigenvalue weighted by molar-refractivity contribution is 5.85. The second-order valence-corrected chi connectivity index (χ2v) is 5.64. The number of fused-ring (bicyclic) bond motifs is 1. The zero-order valence-corrected chi connectivity index (χ0v) is 12.6. The lowest BCUT2D eigenvalue weighted by Gasteiger charge is -2.31. The Hall–Kier alpha value is -1.09. The molecule has 20 heavy (non-hydrogen) atoms. The molecule has 0 spiro atoms. The van der Waals surface area contributed by atoms with Crippen LogP contribution in [0.25, 0.3) is 10.8 Å². The van der Waals surface area contributed by atoms with Gasteiger partial charge in [-0.3, -0.25) is 4.90 Å². The highest BCUT2D eigenvalue weighted by Crippen LogP contribution is 2.20. The Balaban J connectivity index is 0.00000147. The van der Waals surface area contributed by atoms with Crippen LogP contribution in [0.2, 0.25) is 0 Å². The summed E-state index contributed by atoms with van der Waals surface area (Å²) in [6.07, 6.45) is 2.51. The van der Waals surface area contributed by atoms with Crippen LogP contribution in [0.3, 0.4) is 0 Å². The lowest BCUT2D eigenvalue weighted by Crippen LogP contribution is -2.35. The summed E-state index contributed by atoms with van der Waals surface area (Å²) < 4.78 is 0. The van der Waals surface area contributed by atoms with Gasteiger partial charge in [0.25, 0.3) is 0 Å². The molecular formula is C17H23ClN2. The van der Waals surface area contributed by atoms with Crippen LogP contribution >= 0.6 is 12.4 Å². The molecule has 1 saturated heterocycles. The first-order valence-electron chi connectivity index (χ1n) is 7.25. The molecule has 108 valence electrons. The number of nitrogens with two attached hydrogens (primary N) is 1. The molecule has 2 aromatic rings. The van der Waals surface area contributed by atoms with Crippen LogP contribution in [0.1, 0.15) is 18.4 Å². The molecule has 0 radical (unpaired) electrons. The van der Waals surface area contributed by atoms with E-state index < -0.39 is 0 Å². The van der Waals surface area contributed by atoms with Crippen LogP contribution in [0, 0.1) is 5.92 Å². The molecule has 1 heterocycles. The van der Waals surface area contributed by atoms with Gasteiger partial charge in [-0.25, -0.2) is 0 Å². The van der Waals surface area contributed by atoms with Gasteiger partial charge in [0, 0.05) is 6.54 Å². The SMILES string of the molecule is Cl.NCC1CCN(Cc2ccc3ccccc3c2)CC1. The van der Waals surface area contributed by atoms with Crippen LogP contribution in [-0.2, 0) is 6.54 Å². The van der Waals surface area contributed by atoms with E-state index in [1.54, 1.807) is 0 Å². The van der Waals surface area contributed by atoms with Crippen molar-refractivity contribution >= 4 is 23.2 Å². The van der Waals surface area contributed by atoms with Gasteiger partial charge in [-0.2, -0.15) is 0 Å². The van der Waals surface area contributed by atoms with Gasteiger partial charge < -0.3 is 5.73 Å². The maximum Gasteiger partial charge on any atom is 0.0233 e. The molecule has 0 unspecified atom stereocenters. The number of nitrogens with zero attached hydrogens (tertiary/aromatic N) is 1. The van der Waals surface area contributed by atoms with Crippen molar-refractivity contribution in [1.82, 2.24) is 4.90 Å². The van der Waals surface area contributed by atoms with Gasteiger partial charge >= 0.3 is 0 Å². The fourth-order valence-corrected chi connectivity index (χ4v) is 2.98. The third kappa shape index (κ3) is 3.51. The standard InChI is InChI=1S/C17H22N2.ClH/c18-12-14-7-9-19(10-8-14)13-15-5-6-16-3-1-2-4-17(16)11-15;/h1-6,11,14H,7-10,12-13,18H2;1H. The van der Waals surface area contributed by atoms with E-state index in [1.165, 1.54) is 42.3 Å². The van der Waals surface area contributed by atoms with Crippen LogP contribution < -0.4 is 5.73 Å². The highest BCUT2D eigenvalue weighted by Gasteiger charge is 2.17. The Labute approximate surface area is 127 Å². The predicted molar refractivity (Wildman–Crippen MR) is 88.3 cm³/mol. The normalized spacial score (nSPS) is 17.1. The molecule has 0 amide bonds. The van der Waals surface area contributed by atoms with E-state index >= 15 is 0 Å². The lowest BCUT2D eigenvalue weighted by molar-refractivity contribution is 0.180. The fourth-order valence-electron chi connectivity index (χ4n) is 2.98. The highest BCUT2D eigenvalue weighted by atomic mass is 35.5. The van der Waals surface area contributed by atoms with Crippen molar-refractivity contribution < 1.29 is 0 Å². The second-order valence-electron chi connectivity index (χ2n) is 5.64. The van der Waals surface area contributed by atoms with Gasteiger partial charge in [0.15, 0.2) is 0 Å². The van der Waals surface area contributed by atoms with E-state index in [0.29, 0.717) is 0 Å². The number of likely N-dealkylation sites (tertiary alicyclic amines) is 1. The molecule has 1 aliphatic rings. The molecule has 0 aromatic heterocycles. The van der Waals surface area contributed by atoms with Crippen molar-refractivity contribution in [3.63, 3.8) is 0 Å². The Kier molecular flexibility index (Phi) is 5.41. The first kappa shape index (κ1) is 15.3. The monoisotopic (exact) mass is 290 g/mol. The van der Waals surface area contributed by atoms with E-state index in [1.807, 2.05) is 0 Å². The number of piperidine rings is 1. The molecule has 0 bridgehead atoms. The Bertz CT molecular complexity index is 547. The summed E-state index contributed by atoms with van der Waals surface area (Å²) in [6, 6.07) is 15.4. The summed E-state index contributed by atoms with van der Waals surface area (Å²) in [5.41, 5.74) is 7.17. The van der Waals surface area contributed by atoms with Crippen molar-refractivity contribution in [1.29, 1.82) is 0 Å². The van der Waals surface area contributed by atoms with Gasteiger partial charge in [-0.05, 0) is 60.8 Å². The molecule has 3 heteroatoms. The van der Waals surface area contributed by atoms with E-state index in [0.717, 1.165) is 19.0 Å². The molecule has 0 atom stereocenters. The van der Waals surface area contributed by atoms with Crippen molar-refractivity contribution in [2.75, 3.05) is 19.6 Å². The summed E-state index contributed by atoms with van der Waals surface area (Å²) in [4.78, 5) is 2.55. The quantitative estimate of drug-likeness (QED) is 0.938. The summed E-state index contributed by atoms with van der Waals surface area (Å²) in [5.74, 6) is 0.743. The minimum Gasteiger partial charge on any atom is -0.330 e. The first-order valence-corrected chi connectivity index (χ1v) is 7.25. The molecule has 1 fully saturated rings.